The van der Waals surface area contributed by atoms with Crippen LogP contribution in [0.25, 0.3) is 16.6 Å². The maximum Gasteiger partial charge on any atom is 0.425 e. The van der Waals surface area contributed by atoms with Crippen LogP contribution in [-0.4, -0.2) is 56.6 Å². The quantitative estimate of drug-likeness (QED) is 0.555. The van der Waals surface area contributed by atoms with Gasteiger partial charge in [0.1, 0.15) is 5.82 Å². The maximum absolute atomic E-state index is 12.9. The third-order valence-electron chi connectivity index (χ3n) is 5.28. The smallest absolute Gasteiger partial charge is 0.425 e. The molecular formula is C20H17Cl2F3N4O3. The predicted molar refractivity (Wildman–Crippen MR) is 112 cm³/mol. The van der Waals surface area contributed by atoms with Crippen molar-refractivity contribution in [3.8, 4) is 5.69 Å². The molecule has 3 heterocycles. The minimum atomic E-state index is -4.72. The molecule has 1 aliphatic heterocycles. The molecule has 2 aromatic heterocycles. The Labute approximate surface area is 190 Å². The first-order valence-electron chi connectivity index (χ1n) is 9.57. The fraction of sp³-hybridized carbons (Fsp3) is 0.350. The number of carbonyl (C=O) groups excluding carboxylic acids is 1. The molecule has 170 valence electrons. The van der Waals surface area contributed by atoms with Crippen LogP contribution in [0.3, 0.4) is 0 Å². The summed E-state index contributed by atoms with van der Waals surface area (Å²) in [5, 5.41) is 11.4. The van der Waals surface area contributed by atoms with Crippen LogP contribution in [0.5, 0.6) is 0 Å². The molecule has 1 N–H and O–H groups in total. The van der Waals surface area contributed by atoms with Crippen molar-refractivity contribution in [3.05, 3.63) is 47.0 Å². The number of pyridine rings is 1. The fourth-order valence-electron chi connectivity index (χ4n) is 3.59. The van der Waals surface area contributed by atoms with Gasteiger partial charge in [-0.2, -0.15) is 13.2 Å². The zero-order chi connectivity index (χ0) is 23.2. The molecule has 1 unspecified atom stereocenters. The zero-order valence-corrected chi connectivity index (χ0v) is 18.1. The third-order valence-corrected chi connectivity index (χ3v) is 6.07. The van der Waals surface area contributed by atoms with Crippen LogP contribution in [0.2, 0.25) is 10.0 Å². The molecule has 1 saturated heterocycles. The van der Waals surface area contributed by atoms with Gasteiger partial charge in [0.2, 0.25) is 0 Å². The van der Waals surface area contributed by atoms with E-state index in [9.17, 15) is 23.1 Å². The number of esters is 1. The van der Waals surface area contributed by atoms with Crippen molar-refractivity contribution in [2.24, 2.45) is 0 Å². The number of fused-ring (bicyclic) bond motifs is 1. The van der Waals surface area contributed by atoms with Crippen LogP contribution in [-0.2, 0) is 9.53 Å². The maximum atomic E-state index is 12.9. The molecule has 0 saturated carbocycles. The van der Waals surface area contributed by atoms with Crippen LogP contribution in [0.4, 0.5) is 19.0 Å². The van der Waals surface area contributed by atoms with Crippen LogP contribution < -0.4 is 4.90 Å². The van der Waals surface area contributed by atoms with E-state index in [0.29, 0.717) is 16.6 Å². The molecule has 4 rings (SSSR count). The van der Waals surface area contributed by atoms with Gasteiger partial charge in [-0.25, -0.2) is 14.8 Å². The van der Waals surface area contributed by atoms with E-state index in [1.807, 2.05) is 0 Å². The molecule has 7 nitrogen and oxygen atoms in total. The van der Waals surface area contributed by atoms with Crippen molar-refractivity contribution < 1.29 is 27.8 Å². The van der Waals surface area contributed by atoms with Crippen molar-refractivity contribution in [2.45, 2.75) is 37.8 Å². The highest BCUT2D eigenvalue weighted by Gasteiger charge is 2.45. The Balaban J connectivity index is 1.79. The van der Waals surface area contributed by atoms with E-state index in [1.54, 1.807) is 41.5 Å². The second kappa shape index (κ2) is 8.42. The number of anilines is 1. The van der Waals surface area contributed by atoms with Crippen LogP contribution in [0, 0.1) is 0 Å². The summed E-state index contributed by atoms with van der Waals surface area (Å²) in [7, 11) is 0. The highest BCUT2D eigenvalue weighted by Crippen LogP contribution is 2.36. The Morgan fingerprint density at radius 1 is 1.34 bits per heavy atom. The molecule has 1 aliphatic rings. The molecule has 0 bridgehead atoms. The van der Waals surface area contributed by atoms with Gasteiger partial charge in [0, 0.05) is 30.4 Å². The summed E-state index contributed by atoms with van der Waals surface area (Å²) in [6, 6.07) is 3.62. The Morgan fingerprint density at radius 3 is 2.75 bits per heavy atom. The second-order valence-electron chi connectivity index (χ2n) is 7.34. The van der Waals surface area contributed by atoms with Crippen molar-refractivity contribution in [1.29, 1.82) is 0 Å². The number of aromatic nitrogens is 3. The molecule has 1 aromatic carbocycles. The molecule has 0 spiro atoms. The lowest BCUT2D eigenvalue weighted by Gasteiger charge is -2.28. The fourth-order valence-corrected chi connectivity index (χ4v) is 3.95. The van der Waals surface area contributed by atoms with Gasteiger partial charge < -0.3 is 19.3 Å². The van der Waals surface area contributed by atoms with E-state index in [0.717, 1.165) is 6.92 Å². The number of benzene rings is 1. The van der Waals surface area contributed by atoms with Gasteiger partial charge in [-0.1, -0.05) is 23.2 Å². The highest BCUT2D eigenvalue weighted by atomic mass is 35.5. The van der Waals surface area contributed by atoms with Crippen molar-refractivity contribution in [3.63, 3.8) is 0 Å². The first kappa shape index (κ1) is 22.6. The SMILES string of the molecule is CC(OC(=O)[C@@H]1[C@@H](O)CCN1c1cc(-n2ccnc2)c2ccc(Cl)c(Cl)c2n1)C(F)(F)F. The summed E-state index contributed by atoms with van der Waals surface area (Å²) >= 11 is 12.5. The lowest BCUT2D eigenvalue weighted by Crippen LogP contribution is -2.46. The number of carbonyl (C=O) groups is 1. The number of nitrogens with zero attached hydrogens (tertiary/aromatic N) is 4. The molecule has 0 radical (unpaired) electrons. The number of imidazole rings is 1. The Bertz CT molecular complexity index is 1160. The minimum absolute atomic E-state index is 0.142. The average Bonchev–Trinajstić information content (AvgIpc) is 3.39. The summed E-state index contributed by atoms with van der Waals surface area (Å²) in [5.74, 6) is -0.966. The largest absolute Gasteiger partial charge is 0.451 e. The number of hydrogen-bond donors (Lipinski definition) is 1. The summed E-state index contributed by atoms with van der Waals surface area (Å²) in [4.78, 5) is 22.5. The molecule has 0 aliphatic carbocycles. The van der Waals surface area contributed by atoms with E-state index in [-0.39, 0.29) is 28.8 Å². The molecule has 0 amide bonds. The van der Waals surface area contributed by atoms with Crippen LogP contribution >= 0.6 is 23.2 Å². The van der Waals surface area contributed by atoms with Gasteiger partial charge in [0.25, 0.3) is 0 Å². The number of ether oxygens (including phenoxy) is 1. The summed E-state index contributed by atoms with van der Waals surface area (Å²) in [5.41, 5.74) is 0.941. The topological polar surface area (TPSA) is 80.5 Å². The lowest BCUT2D eigenvalue weighted by atomic mass is 10.1. The standard InChI is InChI=1S/C20H17Cl2F3N4O3/c1-10(20(23,24)25)32-19(31)18-14(30)4-6-29(18)15-8-13(28-7-5-26-9-28)11-2-3-12(21)16(22)17(11)27-15/h2-3,5,7-10,14,18,30H,4,6H2,1H3/t10?,14-,18-/m0/s1. The summed E-state index contributed by atoms with van der Waals surface area (Å²) < 4.78 is 44.9. The highest BCUT2D eigenvalue weighted by molar-refractivity contribution is 6.45. The molecule has 3 aromatic rings. The third kappa shape index (κ3) is 4.10. The van der Waals surface area contributed by atoms with Crippen LogP contribution in [0.15, 0.2) is 36.9 Å². The Hall–Kier alpha value is -2.56. The molecule has 1 fully saturated rings. The average molecular weight is 489 g/mol. The van der Waals surface area contributed by atoms with Gasteiger partial charge in [-0.3, -0.25) is 0 Å². The number of aliphatic hydroxyl groups is 1. The minimum Gasteiger partial charge on any atom is -0.451 e. The number of halogens is 5. The predicted octanol–water partition coefficient (Wildman–Crippen LogP) is 4.16. The second-order valence-corrected chi connectivity index (χ2v) is 8.13. The van der Waals surface area contributed by atoms with E-state index in [4.69, 9.17) is 23.2 Å². The molecule has 12 heteroatoms. The zero-order valence-electron chi connectivity index (χ0n) is 16.6. The van der Waals surface area contributed by atoms with Crippen molar-refractivity contribution in [1.82, 2.24) is 14.5 Å². The molecular weight excluding hydrogens is 472 g/mol. The van der Waals surface area contributed by atoms with E-state index in [1.165, 1.54) is 4.90 Å². The number of hydrogen-bond acceptors (Lipinski definition) is 6. The lowest BCUT2D eigenvalue weighted by molar-refractivity contribution is -0.217. The Kier molecular flexibility index (Phi) is 5.95. The summed E-state index contributed by atoms with van der Waals surface area (Å²) in [6.07, 6.45) is -3.31. The number of aliphatic hydroxyl groups excluding tert-OH is 1. The first-order chi connectivity index (χ1) is 15.1. The number of rotatable bonds is 4. The van der Waals surface area contributed by atoms with Crippen LogP contribution in [0.1, 0.15) is 13.3 Å². The van der Waals surface area contributed by atoms with Crippen molar-refractivity contribution >= 4 is 45.9 Å². The molecule has 3 atom stereocenters. The van der Waals surface area contributed by atoms with Gasteiger partial charge in [-0.15, -0.1) is 0 Å². The first-order valence-corrected chi connectivity index (χ1v) is 10.3. The van der Waals surface area contributed by atoms with Gasteiger partial charge in [0.05, 0.1) is 33.7 Å². The van der Waals surface area contributed by atoms with E-state index < -0.39 is 30.4 Å². The van der Waals surface area contributed by atoms with Gasteiger partial charge >= 0.3 is 12.1 Å². The Morgan fingerprint density at radius 2 is 2.09 bits per heavy atom. The van der Waals surface area contributed by atoms with Gasteiger partial charge in [0.15, 0.2) is 12.1 Å². The number of alkyl halides is 3. The summed E-state index contributed by atoms with van der Waals surface area (Å²) in [6.45, 7) is 0.901. The van der Waals surface area contributed by atoms with E-state index >= 15 is 0 Å². The monoisotopic (exact) mass is 488 g/mol. The molecule has 32 heavy (non-hydrogen) atoms. The van der Waals surface area contributed by atoms with Crippen molar-refractivity contribution in [2.75, 3.05) is 11.4 Å². The normalized spacial score (nSPS) is 20.0. The van der Waals surface area contributed by atoms with Gasteiger partial charge in [-0.05, 0) is 25.5 Å². The van der Waals surface area contributed by atoms with E-state index in [2.05, 4.69) is 14.7 Å².